The van der Waals surface area contributed by atoms with Gasteiger partial charge in [0.05, 0.1) is 29.5 Å². The van der Waals surface area contributed by atoms with E-state index < -0.39 is 0 Å². The molecule has 0 spiro atoms. The molecule has 5 heterocycles. The Morgan fingerprint density at radius 3 is 2.81 bits per heavy atom. The highest BCUT2D eigenvalue weighted by Crippen LogP contribution is 2.36. The van der Waals surface area contributed by atoms with Gasteiger partial charge in [0.25, 0.3) is 5.91 Å². The van der Waals surface area contributed by atoms with Crippen LogP contribution in [0, 0.1) is 13.8 Å². The van der Waals surface area contributed by atoms with Gasteiger partial charge in [0.1, 0.15) is 10.7 Å². The molecule has 1 atom stereocenters. The van der Waals surface area contributed by atoms with Crippen LogP contribution in [0.2, 0.25) is 0 Å². The van der Waals surface area contributed by atoms with Gasteiger partial charge >= 0.3 is 0 Å². The standard InChI is InChI=1S/C23H26N6OS/c1-15-18-8-5-11-28(13-17-7-3-4-10-24-17)22(18)27-21(26-15)19-9-6-12-29(19)23(30)20-16(2)25-14-31-20/h3-4,7,10,14,19H,5-6,8-9,11-13H2,1-2H3/t19-/m0/s1. The molecule has 1 amide bonds. The topological polar surface area (TPSA) is 75.1 Å². The number of hydrogen-bond donors (Lipinski definition) is 0. The predicted octanol–water partition coefficient (Wildman–Crippen LogP) is 3.88. The Morgan fingerprint density at radius 2 is 2.03 bits per heavy atom. The van der Waals surface area contributed by atoms with Gasteiger partial charge in [-0.2, -0.15) is 0 Å². The fraction of sp³-hybridized carbons (Fsp3) is 0.435. The Bertz CT molecular complexity index is 1100. The molecule has 0 aliphatic carbocycles. The molecule has 7 nitrogen and oxygen atoms in total. The zero-order chi connectivity index (χ0) is 21.4. The monoisotopic (exact) mass is 434 g/mol. The summed E-state index contributed by atoms with van der Waals surface area (Å²) in [6.07, 6.45) is 5.77. The molecule has 0 saturated carbocycles. The van der Waals surface area contributed by atoms with E-state index in [-0.39, 0.29) is 11.9 Å². The summed E-state index contributed by atoms with van der Waals surface area (Å²) in [5.74, 6) is 1.82. The van der Waals surface area contributed by atoms with Gasteiger partial charge in [-0.05, 0) is 51.7 Å². The highest BCUT2D eigenvalue weighted by atomic mass is 32.1. The number of thiazole rings is 1. The van der Waals surface area contributed by atoms with Gasteiger partial charge in [-0.1, -0.05) is 6.07 Å². The van der Waals surface area contributed by atoms with Gasteiger partial charge in [-0.3, -0.25) is 9.78 Å². The molecule has 8 heteroatoms. The molecule has 160 valence electrons. The molecule has 3 aromatic rings. The van der Waals surface area contributed by atoms with E-state index in [1.54, 1.807) is 5.51 Å². The first kappa shape index (κ1) is 20.1. The van der Waals surface area contributed by atoms with Crippen LogP contribution >= 0.6 is 11.3 Å². The number of amides is 1. The van der Waals surface area contributed by atoms with Crippen molar-refractivity contribution in [2.75, 3.05) is 18.0 Å². The number of carbonyl (C=O) groups excluding carboxylic acids is 1. The molecule has 2 aliphatic rings. The summed E-state index contributed by atoms with van der Waals surface area (Å²) in [5.41, 5.74) is 5.82. The molecular weight excluding hydrogens is 408 g/mol. The van der Waals surface area contributed by atoms with E-state index >= 15 is 0 Å². The number of nitrogens with zero attached hydrogens (tertiary/aromatic N) is 6. The molecule has 0 aromatic carbocycles. The second-order valence-corrected chi connectivity index (χ2v) is 9.09. The zero-order valence-corrected chi connectivity index (χ0v) is 18.7. The maximum Gasteiger partial charge on any atom is 0.266 e. The lowest BCUT2D eigenvalue weighted by Crippen LogP contribution is -2.34. The maximum absolute atomic E-state index is 13.2. The van der Waals surface area contributed by atoms with Crippen molar-refractivity contribution in [1.29, 1.82) is 0 Å². The maximum atomic E-state index is 13.2. The van der Waals surface area contributed by atoms with Crippen LogP contribution in [0.15, 0.2) is 29.9 Å². The fourth-order valence-corrected chi connectivity index (χ4v) is 5.37. The Balaban J connectivity index is 1.47. The average molecular weight is 435 g/mol. The molecular formula is C23H26N6OS. The van der Waals surface area contributed by atoms with Crippen LogP contribution in [0.5, 0.6) is 0 Å². The summed E-state index contributed by atoms with van der Waals surface area (Å²) in [7, 11) is 0. The summed E-state index contributed by atoms with van der Waals surface area (Å²) >= 11 is 1.41. The van der Waals surface area contributed by atoms with E-state index in [0.29, 0.717) is 0 Å². The lowest BCUT2D eigenvalue weighted by atomic mass is 10.0. The fourth-order valence-electron chi connectivity index (χ4n) is 4.61. The number of hydrogen-bond acceptors (Lipinski definition) is 7. The SMILES string of the molecule is Cc1ncsc1C(=O)N1CCC[C@H]1c1nc(C)c2c(n1)N(Cc1ccccn1)CCC2. The van der Waals surface area contributed by atoms with Gasteiger partial charge in [-0.15, -0.1) is 11.3 Å². The number of carbonyl (C=O) groups is 1. The van der Waals surface area contributed by atoms with Gasteiger partial charge in [0.15, 0.2) is 5.82 Å². The van der Waals surface area contributed by atoms with Crippen molar-refractivity contribution in [1.82, 2.24) is 24.8 Å². The number of pyridine rings is 1. The summed E-state index contributed by atoms with van der Waals surface area (Å²) in [6, 6.07) is 5.93. The molecule has 0 radical (unpaired) electrons. The first-order chi connectivity index (χ1) is 15.1. The van der Waals surface area contributed by atoms with Crippen LogP contribution in [-0.4, -0.2) is 43.8 Å². The zero-order valence-electron chi connectivity index (χ0n) is 17.9. The number of fused-ring (bicyclic) bond motifs is 1. The number of aryl methyl sites for hydroxylation is 2. The van der Waals surface area contributed by atoms with Crippen LogP contribution in [0.25, 0.3) is 0 Å². The average Bonchev–Trinajstić information content (AvgIpc) is 3.44. The third kappa shape index (κ3) is 3.80. The minimum Gasteiger partial charge on any atom is -0.350 e. The van der Waals surface area contributed by atoms with E-state index in [0.717, 1.165) is 78.9 Å². The number of likely N-dealkylation sites (tertiary alicyclic amines) is 1. The van der Waals surface area contributed by atoms with E-state index in [9.17, 15) is 4.79 Å². The molecule has 1 saturated heterocycles. The van der Waals surface area contributed by atoms with Crippen molar-refractivity contribution in [3.8, 4) is 0 Å². The van der Waals surface area contributed by atoms with Crippen molar-refractivity contribution >= 4 is 23.1 Å². The molecule has 2 aliphatic heterocycles. The lowest BCUT2D eigenvalue weighted by Gasteiger charge is -2.32. The van der Waals surface area contributed by atoms with E-state index in [4.69, 9.17) is 9.97 Å². The van der Waals surface area contributed by atoms with Gasteiger partial charge in [-0.25, -0.2) is 15.0 Å². The predicted molar refractivity (Wildman–Crippen MR) is 120 cm³/mol. The quantitative estimate of drug-likeness (QED) is 0.620. The van der Waals surface area contributed by atoms with Gasteiger partial charge in [0.2, 0.25) is 0 Å². The van der Waals surface area contributed by atoms with Crippen LogP contribution in [0.1, 0.15) is 63.4 Å². The second-order valence-electron chi connectivity index (χ2n) is 8.24. The largest absolute Gasteiger partial charge is 0.350 e. The number of anilines is 1. The molecule has 5 rings (SSSR count). The molecule has 3 aromatic heterocycles. The Morgan fingerprint density at radius 1 is 1.13 bits per heavy atom. The second kappa shape index (κ2) is 8.34. The molecule has 0 bridgehead atoms. The minimum atomic E-state index is -0.0865. The van der Waals surface area contributed by atoms with Crippen LogP contribution in [0.3, 0.4) is 0 Å². The van der Waals surface area contributed by atoms with E-state index in [2.05, 4.69) is 27.9 Å². The van der Waals surface area contributed by atoms with E-state index in [1.165, 1.54) is 16.9 Å². The summed E-state index contributed by atoms with van der Waals surface area (Å²) in [4.78, 5) is 36.9. The van der Waals surface area contributed by atoms with Crippen LogP contribution in [-0.2, 0) is 13.0 Å². The van der Waals surface area contributed by atoms with E-state index in [1.807, 2.05) is 30.2 Å². The first-order valence-corrected chi connectivity index (χ1v) is 11.7. The third-order valence-electron chi connectivity index (χ3n) is 6.19. The highest BCUT2D eigenvalue weighted by molar-refractivity contribution is 7.11. The minimum absolute atomic E-state index is 0.0480. The number of rotatable bonds is 4. The van der Waals surface area contributed by atoms with Gasteiger partial charge in [0, 0.05) is 30.5 Å². The van der Waals surface area contributed by atoms with Crippen LogP contribution in [0.4, 0.5) is 5.82 Å². The number of aromatic nitrogens is 4. The smallest absolute Gasteiger partial charge is 0.266 e. The highest BCUT2D eigenvalue weighted by Gasteiger charge is 2.35. The molecule has 31 heavy (non-hydrogen) atoms. The normalized spacial score (nSPS) is 18.3. The van der Waals surface area contributed by atoms with Crippen molar-refractivity contribution in [2.45, 2.75) is 52.1 Å². The third-order valence-corrected chi connectivity index (χ3v) is 7.11. The van der Waals surface area contributed by atoms with Crippen molar-refractivity contribution in [3.05, 3.63) is 63.3 Å². The molecule has 0 N–H and O–H groups in total. The summed E-state index contributed by atoms with van der Waals surface area (Å²) in [5, 5.41) is 0. The van der Waals surface area contributed by atoms with Gasteiger partial charge < -0.3 is 9.80 Å². The summed E-state index contributed by atoms with van der Waals surface area (Å²) < 4.78 is 0. The molecule has 0 unspecified atom stereocenters. The lowest BCUT2D eigenvalue weighted by molar-refractivity contribution is 0.0733. The van der Waals surface area contributed by atoms with Crippen LogP contribution < -0.4 is 4.90 Å². The molecule has 1 fully saturated rings. The van der Waals surface area contributed by atoms with Crippen molar-refractivity contribution < 1.29 is 4.79 Å². The summed E-state index contributed by atoms with van der Waals surface area (Å²) in [6.45, 7) is 6.38. The first-order valence-electron chi connectivity index (χ1n) is 10.8. The Hall–Kier alpha value is -2.87. The van der Waals surface area contributed by atoms with Crippen molar-refractivity contribution in [3.63, 3.8) is 0 Å². The Kier molecular flexibility index (Phi) is 5.40. The van der Waals surface area contributed by atoms with Crippen molar-refractivity contribution in [2.24, 2.45) is 0 Å². The Labute approximate surface area is 186 Å².